The summed E-state index contributed by atoms with van der Waals surface area (Å²) < 4.78 is 0. The van der Waals surface area contributed by atoms with Crippen molar-refractivity contribution in [2.45, 2.75) is 44.9 Å². The van der Waals surface area contributed by atoms with Crippen LogP contribution in [0.1, 0.15) is 33.6 Å². The van der Waals surface area contributed by atoms with Gasteiger partial charge in [-0.2, -0.15) is 11.8 Å². The zero-order valence-corrected chi connectivity index (χ0v) is 17.4. The van der Waals surface area contributed by atoms with E-state index in [9.17, 15) is 0 Å². The maximum absolute atomic E-state index is 4.45. The number of thioether (sulfide) groups is 1. The molecule has 21 heavy (non-hydrogen) atoms. The first kappa shape index (κ1) is 21.3. The van der Waals surface area contributed by atoms with Crippen LogP contribution in [0.2, 0.25) is 0 Å². The smallest absolute Gasteiger partial charge is 0.193 e. The summed E-state index contributed by atoms with van der Waals surface area (Å²) in [5.74, 6) is 2.28. The molecular weight excluding hydrogens is 395 g/mol. The van der Waals surface area contributed by atoms with E-state index in [0.717, 1.165) is 37.4 Å². The van der Waals surface area contributed by atoms with Crippen molar-refractivity contribution in [2.75, 3.05) is 46.0 Å². The van der Waals surface area contributed by atoms with Crippen LogP contribution in [0.25, 0.3) is 0 Å². The first-order chi connectivity index (χ1) is 9.62. The van der Waals surface area contributed by atoms with E-state index in [1.54, 1.807) is 0 Å². The normalized spacial score (nSPS) is 21.1. The number of aliphatic imine (C=N–C) groups is 1. The monoisotopic (exact) mass is 428 g/mol. The zero-order chi connectivity index (χ0) is 15.0. The minimum Gasteiger partial charge on any atom is -0.355 e. The number of nitrogens with zero attached hydrogens (tertiary/aromatic N) is 3. The van der Waals surface area contributed by atoms with Crippen LogP contribution in [0.5, 0.6) is 0 Å². The summed E-state index contributed by atoms with van der Waals surface area (Å²) in [4.78, 5) is 9.26. The summed E-state index contributed by atoms with van der Waals surface area (Å²) in [6, 6.07) is 0.648. The summed E-state index contributed by atoms with van der Waals surface area (Å²) in [6.45, 7) is 11.1. The summed E-state index contributed by atoms with van der Waals surface area (Å²) >= 11 is 2.10. The lowest BCUT2D eigenvalue weighted by atomic mass is 10.2. The average Bonchev–Trinajstić information content (AvgIpc) is 2.50. The van der Waals surface area contributed by atoms with Gasteiger partial charge in [0.1, 0.15) is 0 Å². The van der Waals surface area contributed by atoms with Crippen LogP contribution >= 0.6 is 35.7 Å². The molecule has 1 fully saturated rings. The fraction of sp³-hybridized carbons (Fsp3) is 0.933. The molecule has 4 nitrogen and oxygen atoms in total. The molecular formula is C15H33IN4S. The van der Waals surface area contributed by atoms with Gasteiger partial charge in [-0.25, -0.2) is 0 Å². The number of halogens is 1. The Hall–Kier alpha value is 0.310. The highest BCUT2D eigenvalue weighted by Gasteiger charge is 2.21. The maximum Gasteiger partial charge on any atom is 0.193 e. The van der Waals surface area contributed by atoms with E-state index in [1.165, 1.54) is 18.6 Å². The van der Waals surface area contributed by atoms with Crippen LogP contribution in [0.3, 0.4) is 0 Å². The predicted molar refractivity (Wildman–Crippen MR) is 107 cm³/mol. The zero-order valence-electron chi connectivity index (χ0n) is 14.3. The molecule has 6 heteroatoms. The summed E-state index contributed by atoms with van der Waals surface area (Å²) in [5.41, 5.74) is 0. The van der Waals surface area contributed by atoms with Gasteiger partial charge in [-0.3, -0.25) is 4.99 Å². The molecule has 0 aromatic carbocycles. The Kier molecular flexibility index (Phi) is 12.0. The second-order valence-corrected chi connectivity index (χ2v) is 6.97. The molecule has 126 valence electrons. The van der Waals surface area contributed by atoms with E-state index in [-0.39, 0.29) is 24.0 Å². The average molecular weight is 428 g/mol. The lowest BCUT2D eigenvalue weighted by Crippen LogP contribution is -2.49. The SMILES string of the molecule is CCC1CN(C(=NC)NCCN(C)C(C)CC)CCS1.I. The van der Waals surface area contributed by atoms with E-state index >= 15 is 0 Å². The number of nitrogens with one attached hydrogen (secondary N) is 1. The molecule has 1 rings (SSSR count). The second kappa shape index (κ2) is 11.8. The van der Waals surface area contributed by atoms with E-state index in [1.807, 2.05) is 7.05 Å². The van der Waals surface area contributed by atoms with Crippen LogP contribution in [0, 0.1) is 0 Å². The van der Waals surface area contributed by atoms with Gasteiger partial charge < -0.3 is 15.1 Å². The highest BCUT2D eigenvalue weighted by molar-refractivity contribution is 14.0. The molecule has 0 spiro atoms. The van der Waals surface area contributed by atoms with Gasteiger partial charge in [0.15, 0.2) is 5.96 Å². The fourth-order valence-corrected chi connectivity index (χ4v) is 3.55. The number of hydrogen-bond donors (Lipinski definition) is 1. The van der Waals surface area contributed by atoms with Crippen LogP contribution in [-0.4, -0.2) is 73.1 Å². The molecule has 1 aliphatic rings. The molecule has 0 aliphatic carbocycles. The van der Waals surface area contributed by atoms with Crippen molar-refractivity contribution in [3.05, 3.63) is 0 Å². The summed E-state index contributed by atoms with van der Waals surface area (Å²) in [6.07, 6.45) is 2.45. The third-order valence-corrected chi connectivity index (χ3v) is 5.57. The van der Waals surface area contributed by atoms with Gasteiger partial charge in [0.05, 0.1) is 0 Å². The van der Waals surface area contributed by atoms with E-state index in [4.69, 9.17) is 0 Å². The quantitative estimate of drug-likeness (QED) is 0.401. The molecule has 1 heterocycles. The van der Waals surface area contributed by atoms with Gasteiger partial charge in [-0.15, -0.1) is 24.0 Å². The molecule has 1 N–H and O–H groups in total. The molecule has 0 saturated carbocycles. The number of guanidine groups is 1. The van der Waals surface area contributed by atoms with E-state index in [2.05, 4.69) is 59.7 Å². The van der Waals surface area contributed by atoms with Crippen molar-refractivity contribution in [2.24, 2.45) is 4.99 Å². The van der Waals surface area contributed by atoms with Crippen molar-refractivity contribution in [1.29, 1.82) is 0 Å². The van der Waals surface area contributed by atoms with Crippen molar-refractivity contribution in [3.63, 3.8) is 0 Å². The Morgan fingerprint density at radius 2 is 2.19 bits per heavy atom. The number of hydrogen-bond acceptors (Lipinski definition) is 3. The molecule has 2 unspecified atom stereocenters. The van der Waals surface area contributed by atoms with Crippen molar-refractivity contribution < 1.29 is 0 Å². The van der Waals surface area contributed by atoms with Crippen LogP contribution in [-0.2, 0) is 0 Å². The topological polar surface area (TPSA) is 30.9 Å². The lowest BCUT2D eigenvalue weighted by molar-refractivity contribution is 0.254. The minimum atomic E-state index is 0. The van der Waals surface area contributed by atoms with Gasteiger partial charge in [0, 0.05) is 50.3 Å². The Morgan fingerprint density at radius 1 is 1.48 bits per heavy atom. The van der Waals surface area contributed by atoms with E-state index in [0.29, 0.717) is 6.04 Å². The minimum absolute atomic E-state index is 0. The number of rotatable bonds is 6. The lowest BCUT2D eigenvalue weighted by Gasteiger charge is -2.34. The van der Waals surface area contributed by atoms with Gasteiger partial charge in [-0.05, 0) is 26.8 Å². The molecule has 1 saturated heterocycles. The van der Waals surface area contributed by atoms with Crippen molar-refractivity contribution in [3.8, 4) is 0 Å². The first-order valence-electron chi connectivity index (χ1n) is 7.89. The molecule has 0 aromatic rings. The van der Waals surface area contributed by atoms with Crippen LogP contribution in [0.15, 0.2) is 4.99 Å². The Balaban J connectivity index is 0.00000400. The van der Waals surface area contributed by atoms with E-state index < -0.39 is 0 Å². The van der Waals surface area contributed by atoms with Crippen LogP contribution < -0.4 is 5.32 Å². The highest BCUT2D eigenvalue weighted by atomic mass is 127. The van der Waals surface area contributed by atoms with Gasteiger partial charge in [0.2, 0.25) is 0 Å². The largest absolute Gasteiger partial charge is 0.355 e. The highest BCUT2D eigenvalue weighted by Crippen LogP contribution is 2.20. The van der Waals surface area contributed by atoms with Gasteiger partial charge >= 0.3 is 0 Å². The Morgan fingerprint density at radius 3 is 2.76 bits per heavy atom. The molecule has 1 aliphatic heterocycles. The Bertz CT molecular complexity index is 301. The Labute approximate surface area is 152 Å². The third-order valence-electron chi connectivity index (χ3n) is 4.20. The fourth-order valence-electron chi connectivity index (χ4n) is 2.37. The maximum atomic E-state index is 4.45. The molecule has 0 aromatic heterocycles. The van der Waals surface area contributed by atoms with Crippen molar-refractivity contribution >= 4 is 41.7 Å². The molecule has 2 atom stereocenters. The van der Waals surface area contributed by atoms with Gasteiger partial charge in [-0.1, -0.05) is 13.8 Å². The second-order valence-electron chi connectivity index (χ2n) is 5.56. The molecule has 0 amide bonds. The third kappa shape index (κ3) is 7.41. The molecule has 0 bridgehead atoms. The molecule has 0 radical (unpaired) electrons. The van der Waals surface area contributed by atoms with Crippen molar-refractivity contribution in [1.82, 2.24) is 15.1 Å². The standard InChI is InChI=1S/C15H32N4S.HI/c1-6-13(3)18(5)9-8-17-15(16-4)19-10-11-20-14(7-2)12-19;/h13-14H,6-12H2,1-5H3,(H,16,17);1H. The predicted octanol–water partition coefficient (Wildman–Crippen LogP) is 2.74. The van der Waals surface area contributed by atoms with Gasteiger partial charge in [0.25, 0.3) is 0 Å². The number of likely N-dealkylation sites (N-methyl/N-ethyl adjacent to an activating group) is 1. The van der Waals surface area contributed by atoms with Crippen LogP contribution in [0.4, 0.5) is 0 Å². The first-order valence-corrected chi connectivity index (χ1v) is 8.94. The summed E-state index contributed by atoms with van der Waals surface area (Å²) in [7, 11) is 4.09. The summed E-state index contributed by atoms with van der Waals surface area (Å²) in [5, 5.41) is 4.27.